The Kier molecular flexibility index (Phi) is 8.29. The summed E-state index contributed by atoms with van der Waals surface area (Å²) in [5, 5.41) is 20.9. The summed E-state index contributed by atoms with van der Waals surface area (Å²) >= 11 is 0. The van der Waals surface area contributed by atoms with Gasteiger partial charge in [-0.05, 0) is 62.3 Å². The van der Waals surface area contributed by atoms with Gasteiger partial charge in [-0.1, -0.05) is 54.1 Å². The first-order valence-electron chi connectivity index (χ1n) is 11.4. The van der Waals surface area contributed by atoms with E-state index in [0.29, 0.717) is 24.7 Å². The van der Waals surface area contributed by atoms with Crippen LogP contribution in [0.15, 0.2) is 54.1 Å². The molecule has 5 atom stereocenters. The van der Waals surface area contributed by atoms with Gasteiger partial charge in [0.1, 0.15) is 0 Å². The average Bonchev–Trinajstić information content (AvgIpc) is 3.25. The summed E-state index contributed by atoms with van der Waals surface area (Å²) in [6, 6.07) is 10.2. The molecule has 2 aliphatic carbocycles. The highest BCUT2D eigenvalue weighted by atomic mass is 16.3. The first kappa shape index (κ1) is 22.8. The number of fused-ring (bicyclic) bond motifs is 1. The van der Waals surface area contributed by atoms with Crippen LogP contribution in [0.5, 0.6) is 0 Å². The van der Waals surface area contributed by atoms with E-state index in [1.807, 2.05) is 24.3 Å². The highest BCUT2D eigenvalue weighted by molar-refractivity contribution is 5.75. The minimum absolute atomic E-state index is 0.130. The average molecular weight is 412 g/mol. The normalized spacial score (nSPS) is 26.6. The predicted molar refractivity (Wildman–Crippen MR) is 121 cm³/mol. The number of carbonyl (C=O) groups excluding carboxylic acids is 1. The Bertz CT molecular complexity index is 740. The number of nitrogens with zero attached hydrogens (tertiary/aromatic N) is 1. The maximum atomic E-state index is 11.7. The highest BCUT2D eigenvalue weighted by Gasteiger charge is 2.43. The van der Waals surface area contributed by atoms with Gasteiger partial charge in [-0.15, -0.1) is 0 Å². The van der Waals surface area contributed by atoms with Crippen molar-refractivity contribution < 1.29 is 15.0 Å². The lowest BCUT2D eigenvalue weighted by Crippen LogP contribution is -2.21. The molecule has 1 aromatic carbocycles. The Labute approximate surface area is 181 Å². The van der Waals surface area contributed by atoms with Crippen molar-refractivity contribution in [2.75, 3.05) is 14.1 Å². The zero-order valence-corrected chi connectivity index (χ0v) is 18.4. The fraction of sp³-hybridized carbons (Fsp3) is 0.577. The molecule has 0 aliphatic heterocycles. The molecule has 0 aromatic heterocycles. The smallest absolute Gasteiger partial charge is 0.222 e. The van der Waals surface area contributed by atoms with Crippen LogP contribution in [0.1, 0.15) is 50.5 Å². The van der Waals surface area contributed by atoms with Gasteiger partial charge in [0.15, 0.2) is 0 Å². The van der Waals surface area contributed by atoms with Crippen LogP contribution in [0.3, 0.4) is 0 Å². The van der Waals surface area contributed by atoms with Gasteiger partial charge >= 0.3 is 0 Å². The molecule has 164 valence electrons. The maximum Gasteiger partial charge on any atom is 0.222 e. The summed E-state index contributed by atoms with van der Waals surface area (Å²) in [5.41, 5.74) is 2.72. The van der Waals surface area contributed by atoms with Crippen LogP contribution >= 0.6 is 0 Å². The number of carbonyl (C=O) groups is 1. The Morgan fingerprint density at radius 3 is 2.70 bits per heavy atom. The lowest BCUT2D eigenvalue weighted by atomic mass is 9.88. The molecule has 4 heteroatoms. The fourth-order valence-corrected chi connectivity index (χ4v) is 4.95. The molecule has 0 bridgehead atoms. The molecule has 0 radical (unpaired) electrons. The van der Waals surface area contributed by atoms with Gasteiger partial charge in [0.25, 0.3) is 0 Å². The van der Waals surface area contributed by atoms with Gasteiger partial charge in [0.05, 0.1) is 12.2 Å². The highest BCUT2D eigenvalue weighted by Crippen LogP contribution is 2.48. The summed E-state index contributed by atoms with van der Waals surface area (Å²) < 4.78 is 0. The van der Waals surface area contributed by atoms with Crippen molar-refractivity contribution in [2.24, 2.45) is 17.8 Å². The van der Waals surface area contributed by atoms with Crippen molar-refractivity contribution in [3.05, 3.63) is 59.7 Å². The van der Waals surface area contributed by atoms with E-state index in [4.69, 9.17) is 0 Å². The van der Waals surface area contributed by atoms with Gasteiger partial charge in [-0.25, -0.2) is 0 Å². The molecule has 0 saturated heterocycles. The third-order valence-electron chi connectivity index (χ3n) is 6.71. The van der Waals surface area contributed by atoms with E-state index in [9.17, 15) is 15.0 Å². The van der Waals surface area contributed by atoms with Gasteiger partial charge in [0, 0.05) is 26.4 Å². The van der Waals surface area contributed by atoms with Gasteiger partial charge in [0.2, 0.25) is 5.91 Å². The summed E-state index contributed by atoms with van der Waals surface area (Å²) in [7, 11) is 3.61. The van der Waals surface area contributed by atoms with Crippen LogP contribution < -0.4 is 0 Å². The summed E-state index contributed by atoms with van der Waals surface area (Å²) in [4.78, 5) is 13.3. The minimum atomic E-state index is -0.473. The maximum absolute atomic E-state index is 11.7. The summed E-state index contributed by atoms with van der Waals surface area (Å²) in [5.74, 6) is 1.24. The Morgan fingerprint density at radius 1 is 1.20 bits per heavy atom. The third kappa shape index (κ3) is 6.29. The standard InChI is InChI=1S/C26H37NO3/c1-27(2)26(30)11-7-6-10-20-16-21-18-25(29)23(24(21)17-20)15-14-22(28)13-12-19-8-4-3-5-9-19/h3-5,8-9,14-16,21-25,28-29H,6-7,10-13,17-18H2,1-2H3/b15-14+/t21-,22+,23+,24-,25+/m0/s1. The second-order valence-corrected chi connectivity index (χ2v) is 9.21. The molecule has 0 spiro atoms. The third-order valence-corrected chi connectivity index (χ3v) is 6.71. The van der Waals surface area contributed by atoms with Crippen molar-refractivity contribution in [2.45, 2.75) is 63.6 Å². The largest absolute Gasteiger partial charge is 0.392 e. The second kappa shape index (κ2) is 10.9. The number of hydrogen-bond acceptors (Lipinski definition) is 3. The van der Waals surface area contributed by atoms with E-state index in [1.165, 1.54) is 11.1 Å². The Morgan fingerprint density at radius 2 is 1.97 bits per heavy atom. The Hall–Kier alpha value is -1.91. The monoisotopic (exact) mass is 411 g/mol. The molecule has 1 fully saturated rings. The number of benzene rings is 1. The van der Waals surface area contributed by atoms with Crippen LogP contribution in [0.2, 0.25) is 0 Å². The molecule has 4 nitrogen and oxygen atoms in total. The molecule has 30 heavy (non-hydrogen) atoms. The van der Waals surface area contributed by atoms with Crippen LogP contribution in [-0.2, 0) is 11.2 Å². The zero-order chi connectivity index (χ0) is 21.5. The number of unbranched alkanes of at least 4 members (excludes halogenated alkanes) is 1. The SMILES string of the molecule is CN(C)C(=O)CCCCC1=C[C@H]2C[C@@H](O)[C@H](/C=C/[C@H](O)CCc3ccccc3)[C@H]2C1. The molecule has 3 rings (SSSR count). The van der Waals surface area contributed by atoms with Gasteiger partial charge in [-0.3, -0.25) is 4.79 Å². The first-order valence-corrected chi connectivity index (χ1v) is 11.4. The second-order valence-electron chi connectivity index (χ2n) is 9.21. The van der Waals surface area contributed by atoms with Gasteiger partial charge < -0.3 is 15.1 Å². The van der Waals surface area contributed by atoms with Gasteiger partial charge in [-0.2, -0.15) is 0 Å². The predicted octanol–water partition coefficient (Wildman–Crippen LogP) is 4.13. The van der Waals surface area contributed by atoms with E-state index in [0.717, 1.165) is 38.5 Å². The summed E-state index contributed by atoms with van der Waals surface area (Å²) in [6.07, 6.45) is 12.6. The Balaban J connectivity index is 1.43. The van der Waals surface area contributed by atoms with Crippen LogP contribution in [0.4, 0.5) is 0 Å². The number of rotatable bonds is 10. The van der Waals surface area contributed by atoms with Crippen molar-refractivity contribution in [1.29, 1.82) is 0 Å². The van der Waals surface area contributed by atoms with Crippen molar-refractivity contribution in [3.63, 3.8) is 0 Å². The molecular weight excluding hydrogens is 374 g/mol. The molecule has 2 aliphatic rings. The van der Waals surface area contributed by atoms with E-state index in [1.54, 1.807) is 19.0 Å². The van der Waals surface area contributed by atoms with Crippen LogP contribution in [-0.4, -0.2) is 47.3 Å². The number of allylic oxidation sites excluding steroid dienone is 2. The zero-order valence-electron chi connectivity index (χ0n) is 18.4. The van der Waals surface area contributed by atoms with Crippen molar-refractivity contribution in [1.82, 2.24) is 4.90 Å². The van der Waals surface area contributed by atoms with Crippen molar-refractivity contribution >= 4 is 5.91 Å². The van der Waals surface area contributed by atoms with E-state index in [2.05, 4.69) is 24.3 Å². The molecule has 1 aromatic rings. The van der Waals surface area contributed by atoms with Crippen molar-refractivity contribution in [3.8, 4) is 0 Å². The minimum Gasteiger partial charge on any atom is -0.392 e. The van der Waals surface area contributed by atoms with E-state index in [-0.39, 0.29) is 17.9 Å². The number of aliphatic hydroxyl groups is 2. The number of aryl methyl sites for hydroxylation is 1. The lowest BCUT2D eigenvalue weighted by Gasteiger charge is -2.19. The van der Waals surface area contributed by atoms with E-state index >= 15 is 0 Å². The molecule has 0 heterocycles. The summed E-state index contributed by atoms with van der Waals surface area (Å²) in [6.45, 7) is 0. The van der Waals surface area contributed by atoms with Crippen LogP contribution in [0, 0.1) is 17.8 Å². The van der Waals surface area contributed by atoms with Crippen LogP contribution in [0.25, 0.3) is 0 Å². The van der Waals surface area contributed by atoms with E-state index < -0.39 is 6.10 Å². The number of hydrogen-bond donors (Lipinski definition) is 2. The molecule has 1 amide bonds. The fourth-order valence-electron chi connectivity index (χ4n) is 4.95. The lowest BCUT2D eigenvalue weighted by molar-refractivity contribution is -0.128. The molecule has 2 N–H and O–H groups in total. The number of amides is 1. The quantitative estimate of drug-likeness (QED) is 0.450. The molecule has 0 unspecified atom stereocenters. The molecule has 1 saturated carbocycles. The number of aliphatic hydroxyl groups excluding tert-OH is 2. The first-order chi connectivity index (χ1) is 14.4. The topological polar surface area (TPSA) is 60.8 Å². The molecular formula is C26H37NO3.